The van der Waals surface area contributed by atoms with Crippen LogP contribution in [0.25, 0.3) is 16.8 Å². The Labute approximate surface area is 155 Å². The minimum atomic E-state index is -0.251. The number of carbonyl (C=O) groups is 1. The standard InChI is InChI=1S/C19H19N5OS/c1-13(17(25)20-12-11-14-7-3-2-4-8-14)26-19-23-22-18-21-15-9-5-6-10-16(15)24(18)19/h2-10,13H,11-12H2,1H3,(H,20,25)(H,21,22). The number of rotatable bonds is 6. The fourth-order valence-corrected chi connectivity index (χ4v) is 3.75. The highest BCUT2D eigenvalue weighted by Gasteiger charge is 2.19. The third-order valence-corrected chi connectivity index (χ3v) is 5.26. The maximum absolute atomic E-state index is 12.4. The molecule has 0 aliphatic rings. The first-order valence-corrected chi connectivity index (χ1v) is 9.40. The van der Waals surface area contributed by atoms with Crippen molar-refractivity contribution in [3.63, 3.8) is 0 Å². The molecule has 1 unspecified atom stereocenters. The third-order valence-electron chi connectivity index (χ3n) is 4.21. The topological polar surface area (TPSA) is 75.1 Å². The molecule has 0 saturated heterocycles. The average molecular weight is 365 g/mol. The van der Waals surface area contributed by atoms with Gasteiger partial charge in [0.15, 0.2) is 5.16 Å². The monoisotopic (exact) mass is 365 g/mol. The molecule has 0 spiro atoms. The Hall–Kier alpha value is -2.80. The Morgan fingerprint density at radius 2 is 1.96 bits per heavy atom. The van der Waals surface area contributed by atoms with Crippen LogP contribution < -0.4 is 5.32 Å². The number of hydrogen-bond donors (Lipinski definition) is 2. The summed E-state index contributed by atoms with van der Waals surface area (Å²) >= 11 is 1.42. The van der Waals surface area contributed by atoms with Gasteiger partial charge in [-0.3, -0.25) is 9.20 Å². The van der Waals surface area contributed by atoms with Crippen LogP contribution in [0.3, 0.4) is 0 Å². The second-order valence-corrected chi connectivity index (χ2v) is 7.36. The number of para-hydroxylation sites is 2. The summed E-state index contributed by atoms with van der Waals surface area (Å²) < 4.78 is 1.95. The van der Waals surface area contributed by atoms with Crippen LogP contribution >= 0.6 is 11.8 Å². The number of H-pyrrole nitrogens is 1. The van der Waals surface area contributed by atoms with Crippen molar-refractivity contribution in [1.82, 2.24) is 24.9 Å². The summed E-state index contributed by atoms with van der Waals surface area (Å²) in [6, 6.07) is 18.0. The van der Waals surface area contributed by atoms with Crippen molar-refractivity contribution in [1.29, 1.82) is 0 Å². The molecule has 4 rings (SSSR count). The number of nitrogens with one attached hydrogen (secondary N) is 2. The van der Waals surface area contributed by atoms with Gasteiger partial charge in [0.1, 0.15) is 0 Å². The molecule has 2 N–H and O–H groups in total. The molecule has 2 aromatic heterocycles. The van der Waals surface area contributed by atoms with Gasteiger partial charge >= 0.3 is 0 Å². The van der Waals surface area contributed by atoms with Gasteiger partial charge in [-0.25, -0.2) is 10.1 Å². The van der Waals surface area contributed by atoms with Gasteiger partial charge in [0.2, 0.25) is 11.7 Å². The molecule has 2 aromatic carbocycles. The molecule has 0 aliphatic heterocycles. The van der Waals surface area contributed by atoms with E-state index in [1.807, 2.05) is 53.8 Å². The molecule has 132 valence electrons. The van der Waals surface area contributed by atoms with Crippen LogP contribution in [0.4, 0.5) is 0 Å². The molecule has 0 saturated carbocycles. The van der Waals surface area contributed by atoms with Crippen LogP contribution in [0.15, 0.2) is 59.8 Å². The third kappa shape index (κ3) is 3.30. The molecule has 0 bridgehead atoms. The van der Waals surface area contributed by atoms with Crippen LogP contribution in [-0.4, -0.2) is 37.3 Å². The molecule has 6 nitrogen and oxygen atoms in total. The number of nitrogens with zero attached hydrogens (tertiary/aromatic N) is 3. The number of benzene rings is 2. The van der Waals surface area contributed by atoms with E-state index in [9.17, 15) is 4.79 Å². The summed E-state index contributed by atoms with van der Waals surface area (Å²) in [6.45, 7) is 2.51. The molecule has 2 heterocycles. The lowest BCUT2D eigenvalue weighted by Gasteiger charge is -2.11. The van der Waals surface area contributed by atoms with E-state index in [0.717, 1.165) is 22.6 Å². The van der Waals surface area contributed by atoms with Crippen LogP contribution in [0.1, 0.15) is 12.5 Å². The summed E-state index contributed by atoms with van der Waals surface area (Å²) in [5.74, 6) is 0.692. The van der Waals surface area contributed by atoms with Crippen molar-refractivity contribution in [2.24, 2.45) is 0 Å². The maximum Gasteiger partial charge on any atom is 0.233 e. The fourth-order valence-electron chi connectivity index (χ4n) is 2.85. The van der Waals surface area contributed by atoms with Crippen LogP contribution in [0, 0.1) is 0 Å². The van der Waals surface area contributed by atoms with E-state index in [1.165, 1.54) is 17.3 Å². The Morgan fingerprint density at radius 3 is 2.81 bits per heavy atom. The number of imidazole rings is 1. The van der Waals surface area contributed by atoms with Gasteiger partial charge in [0, 0.05) is 6.54 Å². The zero-order chi connectivity index (χ0) is 17.9. The normalized spacial score (nSPS) is 12.5. The van der Waals surface area contributed by atoms with E-state index < -0.39 is 0 Å². The molecule has 1 atom stereocenters. The van der Waals surface area contributed by atoms with E-state index in [2.05, 4.69) is 32.6 Å². The van der Waals surface area contributed by atoms with Gasteiger partial charge in [-0.1, -0.05) is 54.2 Å². The SMILES string of the molecule is CC(Sc1n[nH]c2nc3ccccc3n12)C(=O)NCCc1ccccc1. The first-order chi connectivity index (χ1) is 12.7. The maximum atomic E-state index is 12.4. The van der Waals surface area contributed by atoms with Crippen molar-refractivity contribution < 1.29 is 4.79 Å². The zero-order valence-corrected chi connectivity index (χ0v) is 15.2. The summed E-state index contributed by atoms with van der Waals surface area (Å²) in [5, 5.41) is 10.7. The Morgan fingerprint density at radius 1 is 1.19 bits per heavy atom. The fraction of sp³-hybridized carbons (Fsp3) is 0.211. The first-order valence-electron chi connectivity index (χ1n) is 8.52. The quantitative estimate of drug-likeness (QED) is 0.515. The Bertz CT molecular complexity index is 1040. The highest BCUT2D eigenvalue weighted by Crippen LogP contribution is 2.25. The first kappa shape index (κ1) is 16.7. The van der Waals surface area contributed by atoms with Crippen LogP contribution in [-0.2, 0) is 11.2 Å². The Balaban J connectivity index is 1.42. The number of amides is 1. The lowest BCUT2D eigenvalue weighted by Crippen LogP contribution is -2.32. The number of aromatic nitrogens is 4. The second kappa shape index (κ2) is 7.21. The van der Waals surface area contributed by atoms with Gasteiger partial charge in [-0.05, 0) is 31.0 Å². The molecule has 0 fully saturated rings. The van der Waals surface area contributed by atoms with Gasteiger partial charge in [0.05, 0.1) is 16.3 Å². The van der Waals surface area contributed by atoms with Crippen LogP contribution in [0.2, 0.25) is 0 Å². The van der Waals surface area contributed by atoms with E-state index >= 15 is 0 Å². The molecule has 4 aromatic rings. The second-order valence-electron chi connectivity index (χ2n) is 6.05. The summed E-state index contributed by atoms with van der Waals surface area (Å²) in [7, 11) is 0. The highest BCUT2D eigenvalue weighted by atomic mass is 32.2. The minimum absolute atomic E-state index is 0.00602. The molecule has 7 heteroatoms. The molecule has 0 radical (unpaired) electrons. The predicted molar refractivity (Wildman–Crippen MR) is 103 cm³/mol. The van der Waals surface area contributed by atoms with E-state index in [1.54, 1.807) is 0 Å². The van der Waals surface area contributed by atoms with Gasteiger partial charge in [-0.2, -0.15) is 0 Å². The van der Waals surface area contributed by atoms with Crippen molar-refractivity contribution in [3.05, 3.63) is 60.2 Å². The number of hydrogen-bond acceptors (Lipinski definition) is 4. The molecular formula is C19H19N5OS. The van der Waals surface area contributed by atoms with Gasteiger partial charge in [0.25, 0.3) is 0 Å². The van der Waals surface area contributed by atoms with E-state index in [4.69, 9.17) is 0 Å². The van der Waals surface area contributed by atoms with Gasteiger partial charge < -0.3 is 5.32 Å². The molecular weight excluding hydrogens is 346 g/mol. The average Bonchev–Trinajstić information content (AvgIpc) is 3.22. The lowest BCUT2D eigenvalue weighted by atomic mass is 10.1. The Kier molecular flexibility index (Phi) is 4.62. The molecule has 0 aliphatic carbocycles. The molecule has 1 amide bonds. The number of fused-ring (bicyclic) bond motifs is 3. The summed E-state index contributed by atoms with van der Waals surface area (Å²) in [4.78, 5) is 16.9. The van der Waals surface area contributed by atoms with Crippen molar-refractivity contribution in [2.45, 2.75) is 23.8 Å². The predicted octanol–water partition coefficient (Wildman–Crippen LogP) is 3.05. The highest BCUT2D eigenvalue weighted by molar-refractivity contribution is 8.00. The van der Waals surface area contributed by atoms with Crippen LogP contribution in [0.5, 0.6) is 0 Å². The van der Waals surface area contributed by atoms with Crippen molar-refractivity contribution in [3.8, 4) is 0 Å². The van der Waals surface area contributed by atoms with Crippen molar-refractivity contribution in [2.75, 3.05) is 6.54 Å². The lowest BCUT2D eigenvalue weighted by molar-refractivity contribution is -0.120. The smallest absolute Gasteiger partial charge is 0.233 e. The number of carbonyl (C=O) groups excluding carboxylic acids is 1. The van der Waals surface area contributed by atoms with E-state index in [0.29, 0.717) is 12.3 Å². The summed E-state index contributed by atoms with van der Waals surface area (Å²) in [6.07, 6.45) is 0.822. The minimum Gasteiger partial charge on any atom is -0.355 e. The largest absolute Gasteiger partial charge is 0.355 e. The zero-order valence-electron chi connectivity index (χ0n) is 14.3. The summed E-state index contributed by atoms with van der Waals surface area (Å²) in [5.41, 5.74) is 3.10. The number of thioether (sulfide) groups is 1. The van der Waals surface area contributed by atoms with Gasteiger partial charge in [-0.15, -0.1) is 5.10 Å². The van der Waals surface area contributed by atoms with Crippen molar-refractivity contribution >= 4 is 34.5 Å². The van der Waals surface area contributed by atoms with E-state index in [-0.39, 0.29) is 11.2 Å². The number of aromatic amines is 1. The molecule has 26 heavy (non-hydrogen) atoms.